The molecule has 0 radical (unpaired) electrons. The van der Waals surface area contributed by atoms with E-state index in [9.17, 15) is 14.7 Å². The van der Waals surface area contributed by atoms with E-state index in [1.807, 2.05) is 0 Å². The van der Waals surface area contributed by atoms with Crippen molar-refractivity contribution in [1.82, 2.24) is 0 Å². The Bertz CT molecular complexity index is 1050. The third kappa shape index (κ3) is 54.7. The Labute approximate surface area is 412 Å². The van der Waals surface area contributed by atoms with Crippen LogP contribution in [0.25, 0.3) is 0 Å². The molecule has 5 heteroatoms. The molecule has 1 unspecified atom stereocenters. The SMILES string of the molecule is CCCCCCC/C=C\C/C=C\C/C=C\CCCCCCCCCCCCCCCCC(=O)OC(CO)COC(=O)CCCCCCCCCCCCCCCCCCCCCCCCC. The number of carbonyl (C=O) groups is 2. The van der Waals surface area contributed by atoms with Gasteiger partial charge in [0.25, 0.3) is 0 Å². The molecule has 0 rings (SSSR count). The van der Waals surface area contributed by atoms with Gasteiger partial charge in [-0.25, -0.2) is 0 Å². The molecule has 0 aliphatic carbocycles. The van der Waals surface area contributed by atoms with Crippen LogP contribution in [-0.4, -0.2) is 36.4 Å². The molecule has 0 saturated heterocycles. The molecule has 1 atom stereocenters. The third-order valence-corrected chi connectivity index (χ3v) is 13.4. The highest BCUT2D eigenvalue weighted by molar-refractivity contribution is 5.70. The first-order valence-corrected chi connectivity index (χ1v) is 29.5. The van der Waals surface area contributed by atoms with Gasteiger partial charge in [-0.15, -0.1) is 0 Å². The fraction of sp³-hybridized carbons (Fsp3) is 0.869. The number of hydrogen-bond acceptors (Lipinski definition) is 5. The normalized spacial score (nSPS) is 12.3. The molecule has 0 aliphatic rings. The van der Waals surface area contributed by atoms with Gasteiger partial charge >= 0.3 is 11.9 Å². The molecule has 0 amide bonds. The molecule has 0 saturated carbocycles. The van der Waals surface area contributed by atoms with E-state index >= 15 is 0 Å². The average molecular weight is 928 g/mol. The van der Waals surface area contributed by atoms with E-state index in [0.29, 0.717) is 12.8 Å². The van der Waals surface area contributed by atoms with Gasteiger partial charge in [0.15, 0.2) is 6.10 Å². The van der Waals surface area contributed by atoms with Gasteiger partial charge in [-0.1, -0.05) is 294 Å². The zero-order chi connectivity index (χ0) is 47.7. The minimum absolute atomic E-state index is 0.0607. The molecule has 0 fully saturated rings. The van der Waals surface area contributed by atoms with Gasteiger partial charge in [0.1, 0.15) is 6.61 Å². The Morgan fingerprint density at radius 2 is 0.606 bits per heavy atom. The monoisotopic (exact) mass is 927 g/mol. The molecule has 0 aromatic carbocycles. The van der Waals surface area contributed by atoms with Gasteiger partial charge in [-0.2, -0.15) is 0 Å². The minimum atomic E-state index is -0.770. The molecule has 0 heterocycles. The maximum Gasteiger partial charge on any atom is 0.306 e. The highest BCUT2D eigenvalue weighted by atomic mass is 16.6. The zero-order valence-electron chi connectivity index (χ0n) is 44.5. The summed E-state index contributed by atoms with van der Waals surface area (Å²) in [7, 11) is 0. The predicted octanol–water partition coefficient (Wildman–Crippen LogP) is 19.9. The zero-order valence-corrected chi connectivity index (χ0v) is 44.5. The molecular formula is C61H114O5. The van der Waals surface area contributed by atoms with Crippen LogP contribution in [0, 0.1) is 0 Å². The molecule has 0 spiro atoms. The van der Waals surface area contributed by atoms with E-state index in [-0.39, 0.29) is 25.2 Å². The summed E-state index contributed by atoms with van der Waals surface area (Å²) in [6.45, 7) is 4.18. The number of aliphatic hydroxyl groups excluding tert-OH is 1. The van der Waals surface area contributed by atoms with Gasteiger partial charge in [0.05, 0.1) is 6.61 Å². The summed E-state index contributed by atoms with van der Waals surface area (Å²) in [6.07, 6.45) is 74.1. The lowest BCUT2D eigenvalue weighted by atomic mass is 10.0. The van der Waals surface area contributed by atoms with Gasteiger partial charge in [-0.05, 0) is 51.4 Å². The summed E-state index contributed by atoms with van der Waals surface area (Å²) < 4.78 is 10.7. The molecule has 0 aliphatic heterocycles. The maximum absolute atomic E-state index is 12.3. The highest BCUT2D eigenvalue weighted by Gasteiger charge is 2.16. The van der Waals surface area contributed by atoms with E-state index in [2.05, 4.69) is 50.3 Å². The number of rotatable bonds is 55. The van der Waals surface area contributed by atoms with Crippen LogP contribution >= 0.6 is 0 Å². The number of unbranched alkanes of at least 4 members (excludes halogenated alkanes) is 41. The van der Waals surface area contributed by atoms with Crippen molar-refractivity contribution < 1.29 is 24.2 Å². The van der Waals surface area contributed by atoms with Crippen LogP contribution in [0.4, 0.5) is 0 Å². The quantitative estimate of drug-likeness (QED) is 0.0374. The minimum Gasteiger partial charge on any atom is -0.462 e. The van der Waals surface area contributed by atoms with Gasteiger partial charge in [0, 0.05) is 12.8 Å². The van der Waals surface area contributed by atoms with Crippen LogP contribution in [0.3, 0.4) is 0 Å². The van der Waals surface area contributed by atoms with Crippen molar-refractivity contribution in [1.29, 1.82) is 0 Å². The van der Waals surface area contributed by atoms with E-state index in [4.69, 9.17) is 9.47 Å². The summed E-state index contributed by atoms with van der Waals surface area (Å²) in [6, 6.07) is 0. The Kier molecular flexibility index (Phi) is 55.8. The lowest BCUT2D eigenvalue weighted by Crippen LogP contribution is -2.28. The molecule has 0 aromatic rings. The Hall–Kier alpha value is -1.88. The summed E-state index contributed by atoms with van der Waals surface area (Å²) in [5.74, 6) is -0.572. The van der Waals surface area contributed by atoms with E-state index in [0.717, 1.165) is 44.9 Å². The summed E-state index contributed by atoms with van der Waals surface area (Å²) in [4.78, 5) is 24.5. The number of hydrogen-bond donors (Lipinski definition) is 1. The van der Waals surface area contributed by atoms with E-state index in [1.165, 1.54) is 250 Å². The molecule has 5 nitrogen and oxygen atoms in total. The summed E-state index contributed by atoms with van der Waals surface area (Å²) >= 11 is 0. The van der Waals surface area contributed by atoms with Crippen molar-refractivity contribution in [3.8, 4) is 0 Å². The number of esters is 2. The Morgan fingerprint density at radius 3 is 0.909 bits per heavy atom. The van der Waals surface area contributed by atoms with Crippen LogP contribution in [0.2, 0.25) is 0 Å². The predicted molar refractivity (Wildman–Crippen MR) is 288 cm³/mol. The Morgan fingerprint density at radius 1 is 0.348 bits per heavy atom. The van der Waals surface area contributed by atoms with Crippen molar-refractivity contribution in [2.75, 3.05) is 13.2 Å². The molecule has 388 valence electrons. The molecule has 0 aromatic heterocycles. The first-order valence-electron chi connectivity index (χ1n) is 29.5. The first kappa shape index (κ1) is 64.1. The second-order valence-corrected chi connectivity index (χ2v) is 20.1. The lowest BCUT2D eigenvalue weighted by Gasteiger charge is -2.15. The average Bonchev–Trinajstić information content (AvgIpc) is 3.32. The summed E-state index contributed by atoms with van der Waals surface area (Å²) in [5, 5.41) is 9.66. The summed E-state index contributed by atoms with van der Waals surface area (Å²) in [5.41, 5.74) is 0. The number of ether oxygens (including phenoxy) is 2. The van der Waals surface area contributed by atoms with Crippen LogP contribution in [0.15, 0.2) is 36.5 Å². The third-order valence-electron chi connectivity index (χ3n) is 13.4. The second-order valence-electron chi connectivity index (χ2n) is 20.1. The lowest BCUT2D eigenvalue weighted by molar-refractivity contribution is -0.161. The van der Waals surface area contributed by atoms with Crippen LogP contribution in [0.5, 0.6) is 0 Å². The fourth-order valence-electron chi connectivity index (χ4n) is 8.98. The highest BCUT2D eigenvalue weighted by Crippen LogP contribution is 2.17. The Balaban J connectivity index is 3.44. The van der Waals surface area contributed by atoms with Crippen molar-refractivity contribution >= 4 is 11.9 Å². The molecule has 66 heavy (non-hydrogen) atoms. The van der Waals surface area contributed by atoms with Crippen LogP contribution in [0.1, 0.15) is 322 Å². The molecule has 1 N–H and O–H groups in total. The van der Waals surface area contributed by atoms with Gasteiger partial charge in [0.2, 0.25) is 0 Å². The van der Waals surface area contributed by atoms with Crippen molar-refractivity contribution in [3.63, 3.8) is 0 Å². The fourth-order valence-corrected chi connectivity index (χ4v) is 8.98. The first-order chi connectivity index (χ1) is 32.6. The number of carbonyl (C=O) groups excluding carboxylic acids is 2. The maximum atomic E-state index is 12.3. The van der Waals surface area contributed by atoms with Crippen molar-refractivity contribution in [2.45, 2.75) is 328 Å². The smallest absolute Gasteiger partial charge is 0.306 e. The van der Waals surface area contributed by atoms with Gasteiger partial charge in [-0.3, -0.25) is 9.59 Å². The van der Waals surface area contributed by atoms with Crippen molar-refractivity contribution in [2.24, 2.45) is 0 Å². The van der Waals surface area contributed by atoms with E-state index < -0.39 is 6.10 Å². The van der Waals surface area contributed by atoms with Crippen molar-refractivity contribution in [3.05, 3.63) is 36.5 Å². The number of allylic oxidation sites excluding steroid dienone is 6. The molecular weight excluding hydrogens is 813 g/mol. The number of aliphatic hydroxyl groups is 1. The largest absolute Gasteiger partial charge is 0.462 e. The topological polar surface area (TPSA) is 72.8 Å². The van der Waals surface area contributed by atoms with E-state index in [1.54, 1.807) is 0 Å². The van der Waals surface area contributed by atoms with Crippen LogP contribution < -0.4 is 0 Å². The van der Waals surface area contributed by atoms with Crippen LogP contribution in [-0.2, 0) is 19.1 Å². The standard InChI is InChI=1S/C61H114O5/c1-3-5-7-9-11-13-15-17-19-21-23-25-27-28-29-30-31-32-34-36-38-40-42-44-46-48-50-52-54-56-61(64)66-59(57-62)58-65-60(63)55-53-51-49-47-45-43-41-39-37-35-33-26-24-22-20-18-16-14-12-10-8-6-4-2/h15,17,21,23,27-28,59,62H,3-14,16,18-20,22,24-26,29-58H2,1-2H3/b17-15-,23-21-,28-27-. The van der Waals surface area contributed by atoms with Gasteiger partial charge < -0.3 is 14.6 Å². The molecule has 0 bridgehead atoms. The second kappa shape index (κ2) is 57.4.